The molecule has 14 nitrogen and oxygen atoms in total. The van der Waals surface area contributed by atoms with E-state index in [0.29, 0.717) is 56.9 Å². The Labute approximate surface area is 387 Å². The first-order chi connectivity index (χ1) is 30.7. The molecule has 14 heteroatoms. The summed E-state index contributed by atoms with van der Waals surface area (Å²) in [6.07, 6.45) is 10.7. The van der Waals surface area contributed by atoms with Crippen molar-refractivity contribution in [3.63, 3.8) is 0 Å². The summed E-state index contributed by atoms with van der Waals surface area (Å²) in [6.45, 7) is 12.7. The SMILES string of the molecule is COC1CC2CC[C@@H](C)C(=O)C(O)(O2)C(=O)N2CCCCC2C(=O)O[C@H]([C@H](C)C[C@@H]2CC[C@@H](O)[C@H](OC)C2)CC(=O)C(C)=CC(C)[C@@H](O)[C@@H](OC)C(=O)[C@@H](C)C[C@H](C)C=CC=CC=C1C. The summed E-state index contributed by atoms with van der Waals surface area (Å²) in [5, 5.41) is 34.1. The van der Waals surface area contributed by atoms with Crippen LogP contribution in [0.3, 0.4) is 0 Å². The van der Waals surface area contributed by atoms with Crippen molar-refractivity contribution in [2.24, 2.45) is 35.5 Å². The van der Waals surface area contributed by atoms with Crippen LogP contribution in [0.25, 0.3) is 0 Å². The van der Waals surface area contributed by atoms with Crippen molar-refractivity contribution >= 4 is 29.2 Å². The Hall–Kier alpha value is -3.37. The van der Waals surface area contributed by atoms with Crippen molar-refractivity contribution in [1.29, 1.82) is 0 Å². The topological polar surface area (TPSA) is 195 Å². The van der Waals surface area contributed by atoms with Gasteiger partial charge in [-0.15, -0.1) is 0 Å². The zero-order valence-electron chi connectivity index (χ0n) is 40.6. The van der Waals surface area contributed by atoms with Crippen molar-refractivity contribution in [3.05, 3.63) is 47.6 Å². The number of ketones is 3. The van der Waals surface area contributed by atoms with Crippen molar-refractivity contribution in [3.8, 4) is 0 Å². The monoisotopic (exact) mass is 914 g/mol. The van der Waals surface area contributed by atoms with Crippen LogP contribution in [0.4, 0.5) is 0 Å². The van der Waals surface area contributed by atoms with Gasteiger partial charge >= 0.3 is 11.8 Å². The van der Waals surface area contributed by atoms with Gasteiger partial charge in [0.1, 0.15) is 18.2 Å². The Morgan fingerprint density at radius 1 is 0.846 bits per heavy atom. The lowest BCUT2D eigenvalue weighted by atomic mass is 9.78. The third-order valence-corrected chi connectivity index (χ3v) is 14.4. The Kier molecular flexibility index (Phi) is 21.0. The summed E-state index contributed by atoms with van der Waals surface area (Å²) in [7, 11) is 4.51. The number of hydrogen-bond acceptors (Lipinski definition) is 13. The van der Waals surface area contributed by atoms with Crippen molar-refractivity contribution < 1.29 is 63.0 Å². The number of cyclic esters (lactones) is 1. The van der Waals surface area contributed by atoms with E-state index in [9.17, 15) is 39.3 Å². The average molecular weight is 914 g/mol. The lowest BCUT2D eigenvalue weighted by Gasteiger charge is -2.40. The van der Waals surface area contributed by atoms with Crippen molar-refractivity contribution in [2.45, 2.75) is 180 Å². The number of methoxy groups -OCH3 is 3. The molecule has 65 heavy (non-hydrogen) atoms. The van der Waals surface area contributed by atoms with Gasteiger partial charge in [-0.1, -0.05) is 71.1 Å². The third kappa shape index (κ3) is 14.3. The molecule has 0 aromatic rings. The quantitative estimate of drug-likeness (QED) is 0.202. The number of hydrogen-bond donors (Lipinski definition) is 3. The highest BCUT2D eigenvalue weighted by Crippen LogP contribution is 2.36. The molecule has 2 bridgehead atoms. The maximum atomic E-state index is 14.6. The van der Waals surface area contributed by atoms with Gasteiger partial charge in [-0.3, -0.25) is 19.2 Å². The first kappa shape index (κ1) is 54.2. The second kappa shape index (κ2) is 25.1. The van der Waals surface area contributed by atoms with E-state index >= 15 is 0 Å². The molecule has 0 aromatic heterocycles. The van der Waals surface area contributed by atoms with Crippen LogP contribution in [-0.2, 0) is 47.7 Å². The largest absolute Gasteiger partial charge is 0.460 e. The normalized spacial score (nSPS) is 37.8. The molecule has 366 valence electrons. The number of aliphatic hydroxyl groups is 3. The molecule has 0 radical (unpaired) electrons. The molecule has 1 amide bonds. The summed E-state index contributed by atoms with van der Waals surface area (Å²) in [5.74, 6) is -7.99. The summed E-state index contributed by atoms with van der Waals surface area (Å²) in [5.41, 5.74) is 1.16. The maximum absolute atomic E-state index is 14.6. The van der Waals surface area contributed by atoms with Crippen molar-refractivity contribution in [2.75, 3.05) is 27.9 Å². The van der Waals surface area contributed by atoms with Gasteiger partial charge in [-0.25, -0.2) is 4.79 Å². The smallest absolute Gasteiger partial charge is 0.329 e. The first-order valence-corrected chi connectivity index (χ1v) is 23.9. The molecule has 5 unspecified atom stereocenters. The fourth-order valence-electron chi connectivity index (χ4n) is 10.1. The molecule has 1 saturated carbocycles. The highest BCUT2D eigenvalue weighted by atomic mass is 16.6. The maximum Gasteiger partial charge on any atom is 0.329 e. The molecule has 0 aromatic carbocycles. The Morgan fingerprint density at radius 2 is 1.57 bits per heavy atom. The third-order valence-electron chi connectivity index (χ3n) is 14.4. The van der Waals surface area contributed by atoms with Crippen LogP contribution in [0.15, 0.2) is 47.6 Å². The average Bonchev–Trinajstić information content (AvgIpc) is 3.39. The lowest BCUT2D eigenvalue weighted by molar-refractivity contribution is -0.231. The van der Waals surface area contributed by atoms with Gasteiger partial charge < -0.3 is 43.9 Å². The molecule has 15 atom stereocenters. The number of carbonyl (C=O) groups is 5. The van der Waals surface area contributed by atoms with Crippen LogP contribution in [0.5, 0.6) is 0 Å². The summed E-state index contributed by atoms with van der Waals surface area (Å²) >= 11 is 0. The number of fused-ring (bicyclic) bond motifs is 3. The van der Waals surface area contributed by atoms with Gasteiger partial charge in [-0.2, -0.15) is 0 Å². The molecule has 1 aliphatic carbocycles. The predicted molar refractivity (Wildman–Crippen MR) is 245 cm³/mol. The number of piperidine rings is 1. The number of Topliss-reactive ketones (excluding diaryl/α,β-unsaturated/α-hetero) is 3. The van der Waals surface area contributed by atoms with Crippen LogP contribution < -0.4 is 0 Å². The fraction of sp³-hybridized carbons (Fsp3) is 0.745. The van der Waals surface area contributed by atoms with E-state index in [2.05, 4.69) is 0 Å². The summed E-state index contributed by atoms with van der Waals surface area (Å²) in [6, 6.07) is -1.16. The van der Waals surface area contributed by atoms with E-state index in [-0.39, 0.29) is 61.2 Å². The molecule has 4 rings (SSSR count). The molecule has 0 spiro atoms. The number of carbonyl (C=O) groups excluding carboxylic acids is 5. The fourth-order valence-corrected chi connectivity index (χ4v) is 10.1. The van der Waals surface area contributed by atoms with E-state index in [1.54, 1.807) is 41.1 Å². The number of allylic oxidation sites excluding steroid dienone is 6. The Bertz CT molecular complexity index is 1760. The molecule has 3 N–H and O–H groups in total. The first-order valence-electron chi connectivity index (χ1n) is 23.9. The lowest BCUT2D eigenvalue weighted by Crippen LogP contribution is -2.62. The second-order valence-corrected chi connectivity index (χ2v) is 19.6. The number of rotatable bonds is 6. The van der Waals surface area contributed by atoms with Crippen molar-refractivity contribution in [1.82, 2.24) is 4.90 Å². The minimum absolute atomic E-state index is 0.0174. The predicted octanol–water partition coefficient (Wildman–Crippen LogP) is 6.18. The molecule has 2 saturated heterocycles. The molecule has 3 fully saturated rings. The van der Waals surface area contributed by atoms with Gasteiger partial charge in [0.05, 0.1) is 30.5 Å². The van der Waals surface area contributed by atoms with Gasteiger partial charge in [0, 0.05) is 58.5 Å². The van der Waals surface area contributed by atoms with Crippen LogP contribution in [-0.4, -0.2) is 132 Å². The van der Waals surface area contributed by atoms with E-state index in [0.717, 1.165) is 12.0 Å². The number of nitrogens with zero attached hydrogens (tertiary/aromatic N) is 1. The van der Waals surface area contributed by atoms with Crippen LogP contribution in [0, 0.1) is 35.5 Å². The van der Waals surface area contributed by atoms with E-state index in [1.165, 1.54) is 12.0 Å². The molecular formula is C51H79NO13. The van der Waals surface area contributed by atoms with Gasteiger partial charge in [0.15, 0.2) is 11.6 Å². The van der Waals surface area contributed by atoms with E-state index < -0.39 is 83.9 Å². The number of ether oxygens (including phenoxy) is 5. The number of aliphatic hydroxyl groups excluding tert-OH is 2. The van der Waals surface area contributed by atoms with Crippen LogP contribution in [0.2, 0.25) is 0 Å². The molecule has 3 heterocycles. The van der Waals surface area contributed by atoms with Gasteiger partial charge in [-0.05, 0) is 107 Å². The molecule has 3 aliphatic heterocycles. The zero-order chi connectivity index (χ0) is 48.2. The highest BCUT2D eigenvalue weighted by molar-refractivity contribution is 6.09. The highest BCUT2D eigenvalue weighted by Gasteiger charge is 2.55. The number of amides is 1. The minimum atomic E-state index is -2.85. The van der Waals surface area contributed by atoms with Gasteiger partial charge in [0.2, 0.25) is 5.78 Å². The van der Waals surface area contributed by atoms with Gasteiger partial charge in [0.25, 0.3) is 5.91 Å². The second-order valence-electron chi connectivity index (χ2n) is 19.6. The minimum Gasteiger partial charge on any atom is -0.460 e. The standard InChI is InChI=1S/C51H79NO13/c1-30-16-12-11-13-17-31(2)42(61-8)28-38-21-19-32(3)48(57)51(60,65-38)50(59)52-23-15-14-18-39(52)49(58)64-43(34(5)26-37-20-22-40(53)44(27-37)62-9)29-41(54)33(4)25-36(7)46(56)47(63-10)45(55)35(6)24-30/h11-13,16-17,25,30,32,34-40,42-44,46-47,53,56,60H,14-15,18-24,26-29H2,1-10H3/t30-,32-,34-,35+,36?,37+,38?,39?,40-,42?,43+,44-,46-,47+,51?/m1/s1. The molecular weight excluding hydrogens is 835 g/mol. The van der Waals surface area contributed by atoms with E-state index in [4.69, 9.17) is 23.7 Å². The summed E-state index contributed by atoms with van der Waals surface area (Å²) in [4.78, 5) is 72.1. The Morgan fingerprint density at radius 3 is 2.25 bits per heavy atom. The Balaban J connectivity index is 1.74. The zero-order valence-corrected chi connectivity index (χ0v) is 40.6. The van der Waals surface area contributed by atoms with Crippen LogP contribution in [0.1, 0.15) is 126 Å². The summed E-state index contributed by atoms with van der Waals surface area (Å²) < 4.78 is 29.5. The van der Waals surface area contributed by atoms with E-state index in [1.807, 2.05) is 58.1 Å². The number of esters is 1. The molecule has 4 aliphatic rings. The van der Waals surface area contributed by atoms with Crippen LogP contribution >= 0.6 is 0 Å².